The first-order chi connectivity index (χ1) is 12.6. The van der Waals surface area contributed by atoms with Crippen LogP contribution in [0.3, 0.4) is 0 Å². The Hall–Kier alpha value is -2.79. The van der Waals surface area contributed by atoms with Gasteiger partial charge in [-0.25, -0.2) is 35.8 Å². The van der Waals surface area contributed by atoms with Crippen LogP contribution in [-0.4, -0.2) is 23.2 Å². The van der Waals surface area contributed by atoms with E-state index in [0.717, 1.165) is 10.7 Å². The van der Waals surface area contributed by atoms with Crippen molar-refractivity contribution >= 4 is 10.0 Å². The monoisotopic (exact) mass is 400 g/mol. The van der Waals surface area contributed by atoms with E-state index in [1.165, 1.54) is 18.3 Å². The van der Waals surface area contributed by atoms with E-state index >= 15 is 0 Å². The highest BCUT2D eigenvalue weighted by atomic mass is 32.2. The average Bonchev–Trinajstić information content (AvgIpc) is 3.01. The Kier molecular flexibility index (Phi) is 4.74. The van der Waals surface area contributed by atoms with Gasteiger partial charge in [-0.1, -0.05) is 0 Å². The molecule has 0 amide bonds. The Balaban J connectivity index is 2.29. The molecule has 2 aromatic heterocycles. The number of hydrogen-bond donors (Lipinski definition) is 1. The van der Waals surface area contributed by atoms with Gasteiger partial charge < -0.3 is 0 Å². The molecule has 142 valence electrons. The molecule has 0 saturated carbocycles. The molecule has 1 aromatic carbocycles. The number of alkyl halides is 2. The number of benzene rings is 1. The van der Waals surface area contributed by atoms with Crippen molar-refractivity contribution in [2.45, 2.75) is 18.2 Å². The van der Waals surface area contributed by atoms with Crippen LogP contribution in [0.2, 0.25) is 0 Å². The number of aromatic nitrogens is 3. The third kappa shape index (κ3) is 3.55. The zero-order chi connectivity index (χ0) is 19.9. The molecule has 27 heavy (non-hydrogen) atoms. The first kappa shape index (κ1) is 19.0. The molecule has 0 spiro atoms. The lowest BCUT2D eigenvalue weighted by Gasteiger charge is -2.11. The van der Waals surface area contributed by atoms with Gasteiger partial charge in [-0.05, 0) is 37.3 Å². The zero-order valence-electron chi connectivity index (χ0n) is 13.7. The van der Waals surface area contributed by atoms with Crippen molar-refractivity contribution in [2.75, 3.05) is 0 Å². The molecule has 0 aliphatic carbocycles. The summed E-state index contributed by atoms with van der Waals surface area (Å²) < 4.78 is 78.6. The standard InChI is InChI=1S/C16H12F4N4O2S/c1-8-13(3-2-4-22-8)24-14(7-12(23-24)16(19)20)9-5-11(18)15(6-10(9)17)27(21,25)26/h2-7,16H,1H3,(H2,21,25,26). The predicted octanol–water partition coefficient (Wildman–Crippen LogP) is 3.11. The fourth-order valence-electron chi connectivity index (χ4n) is 2.52. The number of hydrogen-bond acceptors (Lipinski definition) is 4. The second kappa shape index (κ2) is 6.74. The van der Waals surface area contributed by atoms with E-state index in [1.807, 2.05) is 0 Å². The molecule has 0 fully saturated rings. The SMILES string of the molecule is Cc1ncccc1-n1nc(C(F)F)cc1-c1cc(F)c(S(N)(=O)=O)cc1F. The number of rotatable bonds is 4. The number of nitrogens with zero attached hydrogens (tertiary/aromatic N) is 3. The molecular formula is C16H12F4N4O2S. The number of pyridine rings is 1. The lowest BCUT2D eigenvalue weighted by Crippen LogP contribution is -2.15. The van der Waals surface area contributed by atoms with E-state index in [-0.39, 0.29) is 11.4 Å². The molecule has 2 N–H and O–H groups in total. The van der Waals surface area contributed by atoms with Crippen LogP contribution in [0.1, 0.15) is 17.8 Å². The molecule has 11 heteroatoms. The van der Waals surface area contributed by atoms with Crippen molar-refractivity contribution in [3.05, 3.63) is 59.6 Å². The summed E-state index contributed by atoms with van der Waals surface area (Å²) in [6, 6.07) is 4.91. The number of aryl methyl sites for hydroxylation is 1. The van der Waals surface area contributed by atoms with Crippen molar-refractivity contribution in [1.82, 2.24) is 14.8 Å². The Morgan fingerprint density at radius 3 is 2.44 bits per heavy atom. The van der Waals surface area contributed by atoms with Crippen LogP contribution < -0.4 is 5.14 Å². The minimum Gasteiger partial charge on any atom is -0.259 e. The summed E-state index contributed by atoms with van der Waals surface area (Å²) in [5.41, 5.74) is -0.635. The van der Waals surface area contributed by atoms with Gasteiger partial charge in [0.15, 0.2) is 0 Å². The summed E-state index contributed by atoms with van der Waals surface area (Å²) in [6.07, 6.45) is -1.49. The maximum atomic E-state index is 14.5. The molecular weight excluding hydrogens is 388 g/mol. The first-order valence-electron chi connectivity index (χ1n) is 7.42. The van der Waals surface area contributed by atoms with E-state index in [1.54, 1.807) is 6.92 Å². The minimum absolute atomic E-state index is 0.196. The van der Waals surface area contributed by atoms with Crippen LogP contribution >= 0.6 is 0 Å². The lowest BCUT2D eigenvalue weighted by molar-refractivity contribution is 0.145. The quantitative estimate of drug-likeness (QED) is 0.682. The van der Waals surface area contributed by atoms with Crippen LogP contribution in [0.25, 0.3) is 16.9 Å². The van der Waals surface area contributed by atoms with E-state index in [4.69, 9.17) is 5.14 Å². The zero-order valence-corrected chi connectivity index (χ0v) is 14.5. The molecule has 0 atom stereocenters. The van der Waals surface area contributed by atoms with Crippen molar-refractivity contribution in [1.29, 1.82) is 0 Å². The van der Waals surface area contributed by atoms with E-state index in [2.05, 4.69) is 10.1 Å². The second-order valence-electron chi connectivity index (χ2n) is 5.58. The maximum absolute atomic E-state index is 14.5. The van der Waals surface area contributed by atoms with Crippen molar-refractivity contribution in [3.8, 4) is 16.9 Å². The topological polar surface area (TPSA) is 90.9 Å². The van der Waals surface area contributed by atoms with Gasteiger partial charge in [0, 0.05) is 11.8 Å². The van der Waals surface area contributed by atoms with Crippen LogP contribution in [0.5, 0.6) is 0 Å². The molecule has 0 radical (unpaired) electrons. The third-order valence-electron chi connectivity index (χ3n) is 3.76. The molecule has 0 aliphatic rings. The smallest absolute Gasteiger partial charge is 0.259 e. The number of nitrogens with two attached hydrogens (primary N) is 1. The van der Waals surface area contributed by atoms with Crippen LogP contribution in [0, 0.1) is 18.6 Å². The Morgan fingerprint density at radius 1 is 1.15 bits per heavy atom. The summed E-state index contributed by atoms with van der Waals surface area (Å²) in [6.45, 7) is 1.59. The molecule has 0 bridgehead atoms. The van der Waals surface area contributed by atoms with Gasteiger partial charge in [-0.2, -0.15) is 5.10 Å². The van der Waals surface area contributed by atoms with E-state index in [9.17, 15) is 26.0 Å². The summed E-state index contributed by atoms with van der Waals surface area (Å²) in [4.78, 5) is 2.98. The Bertz CT molecular complexity index is 1130. The van der Waals surface area contributed by atoms with Gasteiger partial charge in [0.1, 0.15) is 22.2 Å². The number of primary sulfonamides is 1. The molecule has 3 aromatic rings. The Labute approximate surface area is 151 Å². The molecule has 6 nitrogen and oxygen atoms in total. The number of halogens is 4. The van der Waals surface area contributed by atoms with Gasteiger partial charge in [0.05, 0.1) is 17.1 Å². The lowest BCUT2D eigenvalue weighted by atomic mass is 10.1. The second-order valence-corrected chi connectivity index (χ2v) is 7.11. The highest BCUT2D eigenvalue weighted by Gasteiger charge is 2.24. The summed E-state index contributed by atoms with van der Waals surface area (Å²) >= 11 is 0. The molecule has 0 aliphatic heterocycles. The first-order valence-corrected chi connectivity index (χ1v) is 8.96. The van der Waals surface area contributed by atoms with Crippen LogP contribution in [0.15, 0.2) is 41.4 Å². The van der Waals surface area contributed by atoms with Crippen LogP contribution in [-0.2, 0) is 10.0 Å². The Morgan fingerprint density at radius 2 is 1.85 bits per heavy atom. The molecule has 0 unspecified atom stereocenters. The fourth-order valence-corrected chi connectivity index (χ4v) is 3.12. The van der Waals surface area contributed by atoms with Crippen LogP contribution in [0.4, 0.5) is 17.6 Å². The maximum Gasteiger partial charge on any atom is 0.282 e. The molecule has 3 rings (SSSR count). The average molecular weight is 400 g/mol. The van der Waals surface area contributed by atoms with E-state index in [0.29, 0.717) is 17.8 Å². The minimum atomic E-state index is -4.50. The highest BCUT2D eigenvalue weighted by Crippen LogP contribution is 2.32. The largest absolute Gasteiger partial charge is 0.282 e. The molecule has 2 heterocycles. The van der Waals surface area contributed by atoms with Gasteiger partial charge in [0.2, 0.25) is 10.0 Å². The van der Waals surface area contributed by atoms with Crippen molar-refractivity contribution in [2.24, 2.45) is 5.14 Å². The van der Waals surface area contributed by atoms with Gasteiger partial charge >= 0.3 is 0 Å². The van der Waals surface area contributed by atoms with Crippen molar-refractivity contribution in [3.63, 3.8) is 0 Å². The number of sulfonamides is 1. The normalized spacial score (nSPS) is 12.0. The third-order valence-corrected chi connectivity index (χ3v) is 4.69. The summed E-state index contributed by atoms with van der Waals surface area (Å²) in [5.74, 6) is -2.48. The molecule has 0 saturated heterocycles. The van der Waals surface area contributed by atoms with Gasteiger partial charge in [-0.15, -0.1) is 0 Å². The van der Waals surface area contributed by atoms with E-state index < -0.39 is 44.2 Å². The summed E-state index contributed by atoms with van der Waals surface area (Å²) in [7, 11) is -4.50. The highest BCUT2D eigenvalue weighted by molar-refractivity contribution is 7.89. The fraction of sp³-hybridized carbons (Fsp3) is 0.125. The summed E-state index contributed by atoms with van der Waals surface area (Å²) in [5, 5.41) is 8.59. The van der Waals surface area contributed by atoms with Crippen molar-refractivity contribution < 1.29 is 26.0 Å². The van der Waals surface area contributed by atoms with Gasteiger partial charge in [0.25, 0.3) is 6.43 Å². The predicted molar refractivity (Wildman–Crippen MR) is 87.8 cm³/mol. The van der Waals surface area contributed by atoms with Gasteiger partial charge in [-0.3, -0.25) is 4.98 Å².